The van der Waals surface area contributed by atoms with Crippen molar-refractivity contribution >= 4 is 0 Å². The summed E-state index contributed by atoms with van der Waals surface area (Å²) in [4.78, 5) is 0. The lowest BCUT2D eigenvalue weighted by atomic mass is 10.1. The average molecular weight is 269 g/mol. The molecule has 0 aliphatic rings. The summed E-state index contributed by atoms with van der Waals surface area (Å²) in [7, 11) is 1.67. The normalized spacial score (nSPS) is 10.9. The summed E-state index contributed by atoms with van der Waals surface area (Å²) < 4.78 is 23.2. The molecule has 0 aliphatic heterocycles. The standard InChI is InChI=1S/C15H24FNO2/c1-13-11-15(16)6-5-14(13)12-17-7-3-4-8-19-10-9-18-2/h5-6,11,17H,3-4,7-10,12H2,1-2H3. The van der Waals surface area contributed by atoms with Gasteiger partial charge in [-0.25, -0.2) is 4.39 Å². The van der Waals surface area contributed by atoms with Gasteiger partial charge in [-0.05, 0) is 49.6 Å². The summed E-state index contributed by atoms with van der Waals surface area (Å²) in [5.41, 5.74) is 2.15. The van der Waals surface area contributed by atoms with E-state index in [9.17, 15) is 4.39 Å². The molecule has 0 heterocycles. The first kappa shape index (κ1) is 16.1. The highest BCUT2D eigenvalue weighted by atomic mass is 19.1. The second kappa shape index (κ2) is 9.89. The molecule has 1 aromatic rings. The summed E-state index contributed by atoms with van der Waals surface area (Å²) >= 11 is 0. The molecule has 1 N–H and O–H groups in total. The summed E-state index contributed by atoms with van der Waals surface area (Å²) in [6.07, 6.45) is 2.12. The maximum Gasteiger partial charge on any atom is 0.123 e. The third-order valence-corrected chi connectivity index (χ3v) is 2.94. The van der Waals surface area contributed by atoms with Gasteiger partial charge >= 0.3 is 0 Å². The number of unbranched alkanes of at least 4 members (excludes halogenated alkanes) is 1. The van der Waals surface area contributed by atoms with Crippen LogP contribution < -0.4 is 5.32 Å². The van der Waals surface area contributed by atoms with Gasteiger partial charge in [-0.2, -0.15) is 0 Å². The van der Waals surface area contributed by atoms with Crippen LogP contribution in [-0.4, -0.2) is 33.5 Å². The molecule has 0 spiro atoms. The highest BCUT2D eigenvalue weighted by molar-refractivity contribution is 5.26. The first-order chi connectivity index (χ1) is 9.24. The number of rotatable bonds is 10. The van der Waals surface area contributed by atoms with Gasteiger partial charge in [0.1, 0.15) is 5.82 Å². The number of hydrogen-bond donors (Lipinski definition) is 1. The number of benzene rings is 1. The molecule has 3 nitrogen and oxygen atoms in total. The average Bonchev–Trinajstić information content (AvgIpc) is 2.39. The fourth-order valence-electron chi connectivity index (χ4n) is 1.78. The van der Waals surface area contributed by atoms with Crippen molar-refractivity contribution in [2.24, 2.45) is 0 Å². The van der Waals surface area contributed by atoms with Gasteiger partial charge in [-0.3, -0.25) is 0 Å². The molecule has 0 saturated carbocycles. The van der Waals surface area contributed by atoms with Gasteiger partial charge in [0.2, 0.25) is 0 Å². The topological polar surface area (TPSA) is 30.5 Å². The number of aryl methyl sites for hydroxylation is 1. The third kappa shape index (κ3) is 7.25. The van der Waals surface area contributed by atoms with Gasteiger partial charge in [-0.1, -0.05) is 6.07 Å². The van der Waals surface area contributed by atoms with Crippen molar-refractivity contribution in [1.29, 1.82) is 0 Å². The second-order valence-corrected chi connectivity index (χ2v) is 4.56. The lowest BCUT2D eigenvalue weighted by Gasteiger charge is -2.08. The molecular formula is C15H24FNO2. The van der Waals surface area contributed by atoms with Crippen LogP contribution in [0.25, 0.3) is 0 Å². The molecule has 0 radical (unpaired) electrons. The van der Waals surface area contributed by atoms with E-state index >= 15 is 0 Å². The Morgan fingerprint density at radius 2 is 2.00 bits per heavy atom. The molecule has 0 atom stereocenters. The Balaban J connectivity index is 2.01. The molecule has 0 fully saturated rings. The van der Waals surface area contributed by atoms with E-state index < -0.39 is 0 Å². The number of methoxy groups -OCH3 is 1. The number of halogens is 1. The van der Waals surface area contributed by atoms with E-state index in [2.05, 4.69) is 5.32 Å². The molecule has 19 heavy (non-hydrogen) atoms. The number of hydrogen-bond acceptors (Lipinski definition) is 3. The van der Waals surface area contributed by atoms with Crippen LogP contribution in [0.4, 0.5) is 4.39 Å². The Hall–Kier alpha value is -0.970. The van der Waals surface area contributed by atoms with Gasteiger partial charge in [0.25, 0.3) is 0 Å². The van der Waals surface area contributed by atoms with Crippen LogP contribution in [0.3, 0.4) is 0 Å². The third-order valence-electron chi connectivity index (χ3n) is 2.94. The lowest BCUT2D eigenvalue weighted by molar-refractivity contribution is 0.0688. The molecule has 0 aliphatic carbocycles. The summed E-state index contributed by atoms with van der Waals surface area (Å²) in [5, 5.41) is 3.36. The molecule has 1 rings (SSSR count). The smallest absolute Gasteiger partial charge is 0.123 e. The maximum atomic E-state index is 12.9. The zero-order chi connectivity index (χ0) is 13.9. The Kier molecular flexibility index (Phi) is 8.38. The molecule has 108 valence electrons. The molecule has 1 aromatic carbocycles. The van der Waals surface area contributed by atoms with E-state index in [4.69, 9.17) is 9.47 Å². The fraction of sp³-hybridized carbons (Fsp3) is 0.600. The zero-order valence-electron chi connectivity index (χ0n) is 11.9. The highest BCUT2D eigenvalue weighted by Crippen LogP contribution is 2.09. The van der Waals surface area contributed by atoms with Crippen molar-refractivity contribution in [3.8, 4) is 0 Å². The van der Waals surface area contributed by atoms with Gasteiger partial charge in [-0.15, -0.1) is 0 Å². The van der Waals surface area contributed by atoms with Crippen LogP contribution in [0.5, 0.6) is 0 Å². The summed E-state index contributed by atoms with van der Waals surface area (Å²) in [6, 6.07) is 4.92. The second-order valence-electron chi connectivity index (χ2n) is 4.56. The minimum absolute atomic E-state index is 0.172. The maximum absolute atomic E-state index is 12.9. The monoisotopic (exact) mass is 269 g/mol. The molecule has 0 saturated heterocycles. The summed E-state index contributed by atoms with van der Waals surface area (Å²) in [6.45, 7) is 5.77. The minimum Gasteiger partial charge on any atom is -0.382 e. The Bertz CT molecular complexity index is 358. The molecule has 0 unspecified atom stereocenters. The molecule has 0 bridgehead atoms. The number of ether oxygens (including phenoxy) is 2. The Morgan fingerprint density at radius 1 is 1.16 bits per heavy atom. The molecule has 0 amide bonds. The first-order valence-electron chi connectivity index (χ1n) is 6.76. The quantitative estimate of drug-likeness (QED) is 0.662. The predicted octanol–water partition coefficient (Wildman–Crippen LogP) is 2.67. The van der Waals surface area contributed by atoms with Crippen LogP contribution >= 0.6 is 0 Å². The molecular weight excluding hydrogens is 245 g/mol. The summed E-state index contributed by atoms with van der Waals surface area (Å²) in [5.74, 6) is -0.172. The van der Waals surface area contributed by atoms with Crippen LogP contribution in [0.2, 0.25) is 0 Å². The van der Waals surface area contributed by atoms with Crippen LogP contribution in [0.1, 0.15) is 24.0 Å². The van der Waals surface area contributed by atoms with Crippen molar-refractivity contribution in [3.05, 3.63) is 35.1 Å². The van der Waals surface area contributed by atoms with E-state index in [1.807, 2.05) is 13.0 Å². The highest BCUT2D eigenvalue weighted by Gasteiger charge is 1.99. The largest absolute Gasteiger partial charge is 0.382 e. The Morgan fingerprint density at radius 3 is 2.74 bits per heavy atom. The minimum atomic E-state index is -0.172. The SMILES string of the molecule is COCCOCCCCNCc1ccc(F)cc1C. The van der Waals surface area contributed by atoms with Crippen molar-refractivity contribution in [2.75, 3.05) is 33.5 Å². The predicted molar refractivity (Wildman–Crippen MR) is 74.8 cm³/mol. The van der Waals surface area contributed by atoms with Gasteiger partial charge in [0, 0.05) is 20.3 Å². The lowest BCUT2D eigenvalue weighted by Crippen LogP contribution is -2.16. The van der Waals surface area contributed by atoms with E-state index in [-0.39, 0.29) is 5.82 Å². The van der Waals surface area contributed by atoms with Crippen molar-refractivity contribution in [2.45, 2.75) is 26.3 Å². The van der Waals surface area contributed by atoms with E-state index in [1.54, 1.807) is 13.2 Å². The fourth-order valence-corrected chi connectivity index (χ4v) is 1.78. The van der Waals surface area contributed by atoms with Crippen LogP contribution in [-0.2, 0) is 16.0 Å². The van der Waals surface area contributed by atoms with Crippen molar-refractivity contribution in [3.63, 3.8) is 0 Å². The van der Waals surface area contributed by atoms with E-state index in [1.165, 1.54) is 6.07 Å². The zero-order valence-corrected chi connectivity index (χ0v) is 11.9. The van der Waals surface area contributed by atoms with Crippen LogP contribution in [0, 0.1) is 12.7 Å². The van der Waals surface area contributed by atoms with Crippen molar-refractivity contribution < 1.29 is 13.9 Å². The van der Waals surface area contributed by atoms with Crippen LogP contribution in [0.15, 0.2) is 18.2 Å². The molecule has 0 aromatic heterocycles. The van der Waals surface area contributed by atoms with Gasteiger partial charge in [0.15, 0.2) is 0 Å². The van der Waals surface area contributed by atoms with Crippen molar-refractivity contribution in [1.82, 2.24) is 5.32 Å². The molecule has 4 heteroatoms. The van der Waals surface area contributed by atoms with Gasteiger partial charge in [0.05, 0.1) is 13.2 Å². The van der Waals surface area contributed by atoms with Gasteiger partial charge < -0.3 is 14.8 Å². The first-order valence-corrected chi connectivity index (χ1v) is 6.76. The van der Waals surface area contributed by atoms with E-state index in [0.717, 1.165) is 43.7 Å². The van der Waals surface area contributed by atoms with E-state index in [0.29, 0.717) is 13.2 Å². The number of nitrogens with one attached hydrogen (secondary N) is 1. The Labute approximate surface area is 115 Å².